The van der Waals surface area contributed by atoms with Crippen molar-refractivity contribution in [2.45, 2.75) is 32.0 Å². The highest BCUT2D eigenvalue weighted by Crippen LogP contribution is 2.33. The van der Waals surface area contributed by atoms with Gasteiger partial charge in [-0.1, -0.05) is 24.9 Å². The Labute approximate surface area is 113 Å². The Bertz CT molecular complexity index is 463. The van der Waals surface area contributed by atoms with Crippen LogP contribution in [0, 0.1) is 0 Å². The number of carbonyl (C=O) groups excluding carboxylic acids is 1. The molecule has 0 fully saturated rings. The molecule has 0 spiro atoms. The molecule has 106 valence electrons. The normalized spacial score (nSPS) is 13.2. The number of hydrogen-bond acceptors (Lipinski definition) is 2. The van der Waals surface area contributed by atoms with E-state index in [0.29, 0.717) is 6.42 Å². The predicted octanol–water partition coefficient (Wildman–Crippen LogP) is 3.42. The van der Waals surface area contributed by atoms with Crippen molar-refractivity contribution in [3.63, 3.8) is 0 Å². The number of alkyl halides is 3. The molecule has 0 saturated heterocycles. The van der Waals surface area contributed by atoms with Crippen LogP contribution in [0.3, 0.4) is 0 Å². The minimum Gasteiger partial charge on any atom is -0.323 e. The van der Waals surface area contributed by atoms with Gasteiger partial charge in [-0.2, -0.15) is 13.2 Å². The lowest BCUT2D eigenvalue weighted by Crippen LogP contribution is -2.35. The zero-order valence-corrected chi connectivity index (χ0v) is 11.0. The van der Waals surface area contributed by atoms with E-state index >= 15 is 0 Å². The maximum absolute atomic E-state index is 12.4. The van der Waals surface area contributed by atoms with Gasteiger partial charge in [0, 0.05) is 0 Å². The van der Waals surface area contributed by atoms with Crippen LogP contribution in [0.5, 0.6) is 0 Å². The third-order valence-electron chi connectivity index (χ3n) is 2.49. The molecule has 1 amide bonds. The maximum Gasteiger partial charge on any atom is 0.416 e. The highest BCUT2D eigenvalue weighted by atomic mass is 35.5. The second-order valence-corrected chi connectivity index (χ2v) is 4.48. The number of rotatable bonds is 4. The van der Waals surface area contributed by atoms with Crippen molar-refractivity contribution in [2.75, 3.05) is 5.32 Å². The third-order valence-corrected chi connectivity index (χ3v) is 2.80. The summed E-state index contributed by atoms with van der Waals surface area (Å²) in [5.74, 6) is -0.469. The second kappa shape index (κ2) is 6.25. The van der Waals surface area contributed by atoms with Gasteiger partial charge in [0.2, 0.25) is 5.91 Å². The number of nitrogens with two attached hydrogens (primary N) is 1. The summed E-state index contributed by atoms with van der Waals surface area (Å²) in [4.78, 5) is 11.6. The summed E-state index contributed by atoms with van der Waals surface area (Å²) in [6, 6.07) is 2.03. The van der Waals surface area contributed by atoms with Crippen LogP contribution in [0.15, 0.2) is 18.2 Å². The monoisotopic (exact) mass is 294 g/mol. The summed E-state index contributed by atoms with van der Waals surface area (Å²) in [7, 11) is 0. The van der Waals surface area contributed by atoms with E-state index in [1.165, 1.54) is 0 Å². The maximum atomic E-state index is 12.4. The number of halogens is 4. The van der Waals surface area contributed by atoms with Gasteiger partial charge in [-0.05, 0) is 24.6 Å². The SMILES string of the molecule is CCC[C@@H](N)C(=O)Nc1ccc(C(F)(F)F)cc1Cl. The molecule has 0 aliphatic carbocycles. The van der Waals surface area contributed by atoms with E-state index in [-0.39, 0.29) is 10.7 Å². The van der Waals surface area contributed by atoms with Gasteiger partial charge in [-0.25, -0.2) is 0 Å². The van der Waals surface area contributed by atoms with Crippen LogP contribution in [0.1, 0.15) is 25.3 Å². The van der Waals surface area contributed by atoms with Gasteiger partial charge in [-0.3, -0.25) is 4.79 Å². The summed E-state index contributed by atoms with van der Waals surface area (Å²) in [6.07, 6.45) is -3.25. The summed E-state index contributed by atoms with van der Waals surface area (Å²) in [6.45, 7) is 1.87. The first-order valence-electron chi connectivity index (χ1n) is 5.69. The van der Waals surface area contributed by atoms with Crippen LogP contribution in [0.2, 0.25) is 5.02 Å². The van der Waals surface area contributed by atoms with Crippen LogP contribution in [0.25, 0.3) is 0 Å². The lowest BCUT2D eigenvalue weighted by Gasteiger charge is -2.13. The molecule has 0 radical (unpaired) electrons. The number of carbonyl (C=O) groups is 1. The first-order chi connectivity index (χ1) is 8.75. The van der Waals surface area contributed by atoms with E-state index in [2.05, 4.69) is 5.32 Å². The van der Waals surface area contributed by atoms with Crippen molar-refractivity contribution >= 4 is 23.2 Å². The molecule has 3 nitrogen and oxygen atoms in total. The lowest BCUT2D eigenvalue weighted by molar-refractivity contribution is -0.137. The molecule has 0 aliphatic rings. The molecule has 1 atom stereocenters. The van der Waals surface area contributed by atoms with E-state index in [1.807, 2.05) is 6.92 Å². The Morgan fingerprint density at radius 2 is 2.11 bits per heavy atom. The zero-order valence-electron chi connectivity index (χ0n) is 10.2. The third kappa shape index (κ3) is 4.40. The molecule has 0 bridgehead atoms. The van der Waals surface area contributed by atoms with Crippen LogP contribution >= 0.6 is 11.6 Å². The fourth-order valence-electron chi connectivity index (χ4n) is 1.46. The molecule has 1 aromatic carbocycles. The van der Waals surface area contributed by atoms with Crippen molar-refractivity contribution in [3.05, 3.63) is 28.8 Å². The number of anilines is 1. The number of hydrogen-bond donors (Lipinski definition) is 2. The van der Waals surface area contributed by atoms with Gasteiger partial charge in [0.15, 0.2) is 0 Å². The quantitative estimate of drug-likeness (QED) is 0.894. The van der Waals surface area contributed by atoms with Gasteiger partial charge in [0.1, 0.15) is 0 Å². The summed E-state index contributed by atoms with van der Waals surface area (Å²) in [5.41, 5.74) is 4.84. The average Bonchev–Trinajstić information content (AvgIpc) is 2.30. The van der Waals surface area contributed by atoms with Crippen molar-refractivity contribution in [3.8, 4) is 0 Å². The van der Waals surface area contributed by atoms with Crippen molar-refractivity contribution in [2.24, 2.45) is 5.73 Å². The van der Waals surface area contributed by atoms with E-state index < -0.39 is 23.7 Å². The molecule has 0 heterocycles. The standard InChI is InChI=1S/C12H14ClF3N2O/c1-2-3-9(17)11(19)18-10-5-4-7(6-8(10)13)12(14,15)16/h4-6,9H,2-3,17H2,1H3,(H,18,19)/t9-/m1/s1. The minimum absolute atomic E-state index is 0.117. The van der Waals surface area contributed by atoms with Gasteiger partial charge >= 0.3 is 6.18 Å². The van der Waals surface area contributed by atoms with Crippen molar-refractivity contribution < 1.29 is 18.0 Å². The van der Waals surface area contributed by atoms with Gasteiger partial charge in [0.05, 0.1) is 22.3 Å². The Morgan fingerprint density at radius 3 is 2.58 bits per heavy atom. The number of amides is 1. The van der Waals surface area contributed by atoms with Crippen LogP contribution in [0.4, 0.5) is 18.9 Å². The smallest absolute Gasteiger partial charge is 0.323 e. The van der Waals surface area contributed by atoms with Gasteiger partial charge in [0.25, 0.3) is 0 Å². The minimum atomic E-state index is -4.47. The first kappa shape index (κ1) is 15.8. The fourth-order valence-corrected chi connectivity index (χ4v) is 1.69. The van der Waals surface area contributed by atoms with Crippen molar-refractivity contribution in [1.82, 2.24) is 0 Å². The Kier molecular flexibility index (Phi) is 5.20. The van der Waals surface area contributed by atoms with E-state index in [9.17, 15) is 18.0 Å². The first-order valence-corrected chi connectivity index (χ1v) is 6.06. The van der Waals surface area contributed by atoms with Crippen LogP contribution in [-0.2, 0) is 11.0 Å². The second-order valence-electron chi connectivity index (χ2n) is 4.08. The lowest BCUT2D eigenvalue weighted by atomic mass is 10.1. The highest BCUT2D eigenvalue weighted by molar-refractivity contribution is 6.33. The van der Waals surface area contributed by atoms with Gasteiger partial charge in [-0.15, -0.1) is 0 Å². The molecule has 0 unspecified atom stereocenters. The number of benzene rings is 1. The van der Waals surface area contributed by atoms with E-state index in [0.717, 1.165) is 24.6 Å². The van der Waals surface area contributed by atoms with Crippen molar-refractivity contribution in [1.29, 1.82) is 0 Å². The molecule has 0 saturated carbocycles. The van der Waals surface area contributed by atoms with Crippen LogP contribution < -0.4 is 11.1 Å². The Hall–Kier alpha value is -1.27. The highest BCUT2D eigenvalue weighted by Gasteiger charge is 2.31. The Balaban J connectivity index is 2.84. The summed E-state index contributed by atoms with van der Waals surface area (Å²) < 4.78 is 37.3. The molecule has 1 aromatic rings. The zero-order chi connectivity index (χ0) is 14.6. The van der Waals surface area contributed by atoms with E-state index in [1.54, 1.807) is 0 Å². The van der Waals surface area contributed by atoms with Crippen LogP contribution in [-0.4, -0.2) is 11.9 Å². The summed E-state index contributed by atoms with van der Waals surface area (Å²) >= 11 is 5.71. The van der Waals surface area contributed by atoms with Gasteiger partial charge < -0.3 is 11.1 Å². The molecular formula is C12H14ClF3N2O. The number of nitrogens with one attached hydrogen (secondary N) is 1. The topological polar surface area (TPSA) is 55.1 Å². The fraction of sp³-hybridized carbons (Fsp3) is 0.417. The average molecular weight is 295 g/mol. The molecule has 7 heteroatoms. The predicted molar refractivity (Wildman–Crippen MR) is 68.0 cm³/mol. The molecule has 19 heavy (non-hydrogen) atoms. The molecule has 0 aromatic heterocycles. The summed E-state index contributed by atoms with van der Waals surface area (Å²) in [5, 5.41) is 2.24. The molecule has 0 aliphatic heterocycles. The van der Waals surface area contributed by atoms with E-state index in [4.69, 9.17) is 17.3 Å². The molecule has 1 rings (SSSR count). The molecule has 3 N–H and O–H groups in total. The molecular weight excluding hydrogens is 281 g/mol. The largest absolute Gasteiger partial charge is 0.416 e. The Morgan fingerprint density at radius 1 is 1.47 bits per heavy atom.